The highest BCUT2D eigenvalue weighted by Gasteiger charge is 2.33. The number of Topliss-reactive ketones (excluding diaryl/α,β-unsaturated/α-hetero) is 1. The number of ketones is 1. The number of aromatic nitrogens is 1. The molecule has 1 aromatic heterocycles. The molecule has 0 atom stereocenters. The Morgan fingerprint density at radius 2 is 1.80 bits per heavy atom. The van der Waals surface area contributed by atoms with Crippen LogP contribution in [0, 0.1) is 11.3 Å². The third-order valence-electron chi connectivity index (χ3n) is 7.06. The maximum atomic E-state index is 13.2. The summed E-state index contributed by atoms with van der Waals surface area (Å²) in [6.45, 7) is 8.36. The van der Waals surface area contributed by atoms with E-state index < -0.39 is 0 Å². The maximum Gasteiger partial charge on any atom is 0.261 e. The number of amides is 1. The first kappa shape index (κ1) is 21.3. The van der Waals surface area contributed by atoms with E-state index in [-0.39, 0.29) is 28.2 Å². The summed E-state index contributed by atoms with van der Waals surface area (Å²) in [7, 11) is 0. The first-order chi connectivity index (χ1) is 14.3. The summed E-state index contributed by atoms with van der Waals surface area (Å²) in [6, 6.07) is 1.55. The fourth-order valence-corrected chi connectivity index (χ4v) is 5.45. The number of rotatable bonds is 3. The quantitative estimate of drug-likeness (QED) is 0.825. The zero-order valence-electron chi connectivity index (χ0n) is 18.5. The van der Waals surface area contributed by atoms with Crippen molar-refractivity contribution in [3.8, 4) is 0 Å². The highest BCUT2D eigenvalue weighted by atomic mass is 16.2. The summed E-state index contributed by atoms with van der Waals surface area (Å²) in [6.07, 6.45) is 8.74. The SMILES string of the molecule is CC1(C)CC(=O)c2cc(C(=O)N3CCCN(CC4CCCCC4)CC3)c(=O)[nH]c2C1. The van der Waals surface area contributed by atoms with Crippen LogP contribution in [0.4, 0.5) is 0 Å². The van der Waals surface area contributed by atoms with Crippen LogP contribution < -0.4 is 5.56 Å². The molecule has 30 heavy (non-hydrogen) atoms. The first-order valence-electron chi connectivity index (χ1n) is 11.6. The Labute approximate surface area is 179 Å². The Bertz CT molecular complexity index is 867. The molecule has 6 nitrogen and oxygen atoms in total. The minimum atomic E-state index is -0.368. The third-order valence-corrected chi connectivity index (χ3v) is 7.06. The van der Waals surface area contributed by atoms with E-state index in [0.717, 1.165) is 32.0 Å². The second-order valence-electron chi connectivity index (χ2n) is 10.3. The topological polar surface area (TPSA) is 73.5 Å². The molecule has 0 radical (unpaired) electrons. The second kappa shape index (κ2) is 8.66. The molecule has 1 aliphatic heterocycles. The van der Waals surface area contributed by atoms with Crippen molar-refractivity contribution < 1.29 is 9.59 Å². The summed E-state index contributed by atoms with van der Waals surface area (Å²) in [4.78, 5) is 45.6. The molecule has 6 heteroatoms. The molecule has 0 bridgehead atoms. The zero-order chi connectivity index (χ0) is 21.3. The average molecular weight is 414 g/mol. The van der Waals surface area contributed by atoms with Crippen molar-refractivity contribution in [2.24, 2.45) is 11.3 Å². The van der Waals surface area contributed by atoms with Crippen LogP contribution in [0.25, 0.3) is 0 Å². The fraction of sp³-hybridized carbons (Fsp3) is 0.708. The van der Waals surface area contributed by atoms with E-state index in [1.165, 1.54) is 32.1 Å². The van der Waals surface area contributed by atoms with Crippen molar-refractivity contribution in [1.82, 2.24) is 14.8 Å². The van der Waals surface area contributed by atoms with E-state index >= 15 is 0 Å². The molecule has 1 amide bonds. The van der Waals surface area contributed by atoms with Crippen LogP contribution in [0.15, 0.2) is 10.9 Å². The number of nitrogens with zero attached hydrogens (tertiary/aromatic N) is 2. The average Bonchev–Trinajstić information content (AvgIpc) is 2.92. The number of fused-ring (bicyclic) bond motifs is 1. The molecule has 0 aromatic carbocycles. The summed E-state index contributed by atoms with van der Waals surface area (Å²) in [5.74, 6) is 0.567. The summed E-state index contributed by atoms with van der Waals surface area (Å²) in [5.41, 5.74) is 0.777. The van der Waals surface area contributed by atoms with E-state index in [9.17, 15) is 14.4 Å². The van der Waals surface area contributed by atoms with Crippen LogP contribution in [0.1, 0.15) is 85.2 Å². The predicted molar refractivity (Wildman–Crippen MR) is 117 cm³/mol. The van der Waals surface area contributed by atoms with Gasteiger partial charge < -0.3 is 14.8 Å². The van der Waals surface area contributed by atoms with E-state index in [0.29, 0.717) is 37.2 Å². The molecule has 2 aliphatic carbocycles. The molecule has 1 aromatic rings. The molecule has 3 aliphatic rings. The van der Waals surface area contributed by atoms with E-state index in [4.69, 9.17) is 0 Å². The predicted octanol–water partition coefficient (Wildman–Crippen LogP) is 3.26. The molecule has 1 N–H and O–H groups in total. The second-order valence-corrected chi connectivity index (χ2v) is 10.3. The lowest BCUT2D eigenvalue weighted by Crippen LogP contribution is -2.39. The van der Waals surface area contributed by atoms with Gasteiger partial charge >= 0.3 is 0 Å². The number of H-pyrrole nitrogens is 1. The monoisotopic (exact) mass is 413 g/mol. The van der Waals surface area contributed by atoms with Crippen LogP contribution in [0.2, 0.25) is 0 Å². The van der Waals surface area contributed by atoms with Crippen molar-refractivity contribution >= 4 is 11.7 Å². The van der Waals surface area contributed by atoms with Crippen LogP contribution in [-0.4, -0.2) is 59.2 Å². The largest absolute Gasteiger partial charge is 0.337 e. The maximum absolute atomic E-state index is 13.2. The summed E-state index contributed by atoms with van der Waals surface area (Å²) in [5, 5.41) is 0. The van der Waals surface area contributed by atoms with E-state index in [1.54, 1.807) is 11.0 Å². The lowest BCUT2D eigenvalue weighted by atomic mass is 9.75. The van der Waals surface area contributed by atoms with Crippen molar-refractivity contribution in [2.45, 2.75) is 65.2 Å². The van der Waals surface area contributed by atoms with Gasteiger partial charge in [0.2, 0.25) is 0 Å². The van der Waals surface area contributed by atoms with Crippen LogP contribution in [0.3, 0.4) is 0 Å². The Balaban J connectivity index is 1.45. The van der Waals surface area contributed by atoms with Gasteiger partial charge in [-0.3, -0.25) is 14.4 Å². The van der Waals surface area contributed by atoms with Crippen LogP contribution in [0.5, 0.6) is 0 Å². The molecule has 2 fully saturated rings. The van der Waals surface area contributed by atoms with Gasteiger partial charge in [-0.05, 0) is 49.6 Å². The molecule has 164 valence electrons. The lowest BCUT2D eigenvalue weighted by Gasteiger charge is -2.30. The van der Waals surface area contributed by atoms with Gasteiger partial charge in [0.25, 0.3) is 11.5 Å². The van der Waals surface area contributed by atoms with Crippen LogP contribution in [-0.2, 0) is 6.42 Å². The number of carbonyl (C=O) groups excluding carboxylic acids is 2. The number of pyridine rings is 1. The van der Waals surface area contributed by atoms with Gasteiger partial charge in [-0.25, -0.2) is 0 Å². The molecular weight excluding hydrogens is 378 g/mol. The highest BCUT2D eigenvalue weighted by Crippen LogP contribution is 2.33. The lowest BCUT2D eigenvalue weighted by molar-refractivity contribution is 0.0758. The van der Waals surface area contributed by atoms with Gasteiger partial charge in [0.05, 0.1) is 0 Å². The van der Waals surface area contributed by atoms with Gasteiger partial charge in [0.15, 0.2) is 5.78 Å². The van der Waals surface area contributed by atoms with Gasteiger partial charge in [0, 0.05) is 43.9 Å². The smallest absolute Gasteiger partial charge is 0.261 e. The standard InChI is InChI=1S/C24H35N3O3/c1-24(2)14-20-18(21(28)15-24)13-19(22(29)25-20)23(30)27-10-6-9-26(11-12-27)16-17-7-4-3-5-8-17/h13,17H,3-12,14-16H2,1-2H3,(H,25,29). The van der Waals surface area contributed by atoms with Crippen molar-refractivity contribution in [3.05, 3.63) is 33.2 Å². The molecule has 0 unspecified atom stereocenters. The third kappa shape index (κ3) is 4.69. The Kier molecular flexibility index (Phi) is 6.14. The molecule has 0 spiro atoms. The fourth-order valence-electron chi connectivity index (χ4n) is 5.45. The highest BCUT2D eigenvalue weighted by molar-refractivity contribution is 6.02. The summed E-state index contributed by atoms with van der Waals surface area (Å²) < 4.78 is 0. The molecule has 4 rings (SSSR count). The Hall–Kier alpha value is -1.95. The molecule has 1 saturated carbocycles. The zero-order valence-corrected chi connectivity index (χ0v) is 18.5. The van der Waals surface area contributed by atoms with E-state index in [2.05, 4.69) is 9.88 Å². The number of hydrogen-bond acceptors (Lipinski definition) is 4. The van der Waals surface area contributed by atoms with Gasteiger partial charge in [-0.1, -0.05) is 33.1 Å². The number of hydrogen-bond donors (Lipinski definition) is 1. The molecule has 2 heterocycles. The number of nitrogens with one attached hydrogen (secondary N) is 1. The Morgan fingerprint density at radius 3 is 2.57 bits per heavy atom. The first-order valence-corrected chi connectivity index (χ1v) is 11.6. The van der Waals surface area contributed by atoms with Gasteiger partial charge in [0.1, 0.15) is 5.56 Å². The van der Waals surface area contributed by atoms with E-state index in [1.807, 2.05) is 13.8 Å². The van der Waals surface area contributed by atoms with Crippen molar-refractivity contribution in [1.29, 1.82) is 0 Å². The minimum absolute atomic E-state index is 0.0149. The normalized spacial score (nSPS) is 23.1. The van der Waals surface area contributed by atoms with Crippen molar-refractivity contribution in [3.63, 3.8) is 0 Å². The van der Waals surface area contributed by atoms with Crippen molar-refractivity contribution in [2.75, 3.05) is 32.7 Å². The Morgan fingerprint density at radius 1 is 1.03 bits per heavy atom. The molecular formula is C24H35N3O3. The van der Waals surface area contributed by atoms with Gasteiger partial charge in [-0.2, -0.15) is 0 Å². The van der Waals surface area contributed by atoms with Crippen LogP contribution >= 0.6 is 0 Å². The number of aromatic amines is 1. The van der Waals surface area contributed by atoms with Gasteiger partial charge in [-0.15, -0.1) is 0 Å². The molecule has 1 saturated heterocycles. The minimum Gasteiger partial charge on any atom is -0.337 e. The summed E-state index contributed by atoms with van der Waals surface area (Å²) >= 11 is 0. The number of carbonyl (C=O) groups is 2.